The largest absolute Gasteiger partial charge is 0.344 e. The number of thioether (sulfide) groups is 1. The zero-order valence-electron chi connectivity index (χ0n) is 27.6. The van der Waals surface area contributed by atoms with Crippen molar-refractivity contribution < 1.29 is 14.4 Å². The first-order chi connectivity index (χ1) is 24.5. The van der Waals surface area contributed by atoms with Gasteiger partial charge in [-0.1, -0.05) is 146 Å². The van der Waals surface area contributed by atoms with Crippen LogP contribution in [0.15, 0.2) is 169 Å². The first-order valence-corrected chi connectivity index (χ1v) is 17.2. The Balaban J connectivity index is 1.30. The lowest BCUT2D eigenvalue weighted by Gasteiger charge is -2.28. The third-order valence-corrected chi connectivity index (χ3v) is 9.17. The van der Waals surface area contributed by atoms with Crippen LogP contribution in [0.3, 0.4) is 0 Å². The van der Waals surface area contributed by atoms with E-state index in [0.717, 1.165) is 44.9 Å². The number of fused-ring (bicyclic) bond motifs is 1. The number of para-hydroxylation sites is 1. The fraction of sp³-hybridized carbons (Fsp3) is 0.0952. The summed E-state index contributed by atoms with van der Waals surface area (Å²) in [5.41, 5.74) is 5.14. The first-order valence-electron chi connectivity index (χ1n) is 16.2. The van der Waals surface area contributed by atoms with Crippen molar-refractivity contribution in [3.05, 3.63) is 186 Å². The van der Waals surface area contributed by atoms with E-state index in [1.165, 1.54) is 4.90 Å². The summed E-state index contributed by atoms with van der Waals surface area (Å²) in [6.07, 6.45) is 10.4. The highest BCUT2D eigenvalue weighted by molar-refractivity contribution is 8.14. The van der Waals surface area contributed by atoms with Crippen LogP contribution in [0.5, 0.6) is 0 Å². The Morgan fingerprint density at radius 3 is 2.14 bits per heavy atom. The summed E-state index contributed by atoms with van der Waals surface area (Å²) in [6, 6.07) is 37.1. The molecule has 0 saturated heterocycles. The number of amides is 3. The molecule has 248 valence electrons. The van der Waals surface area contributed by atoms with Gasteiger partial charge >= 0.3 is 0 Å². The molecule has 1 aliphatic rings. The zero-order valence-corrected chi connectivity index (χ0v) is 28.4. The van der Waals surface area contributed by atoms with Gasteiger partial charge in [-0.25, -0.2) is 0 Å². The highest BCUT2D eigenvalue weighted by atomic mass is 32.2. The van der Waals surface area contributed by atoms with Crippen molar-refractivity contribution in [1.29, 1.82) is 0 Å². The molecule has 2 heterocycles. The van der Waals surface area contributed by atoms with Crippen molar-refractivity contribution in [3.8, 4) is 0 Å². The molecular formula is C42H36N4O3S. The van der Waals surface area contributed by atoms with Crippen molar-refractivity contribution in [2.45, 2.75) is 19.5 Å². The van der Waals surface area contributed by atoms with Crippen LogP contribution in [-0.4, -0.2) is 38.1 Å². The number of carbonyl (C=O) groups excluding carboxylic acids is 3. The van der Waals surface area contributed by atoms with Gasteiger partial charge in [0, 0.05) is 34.9 Å². The molecule has 5 aromatic rings. The normalized spacial score (nSPS) is 14.5. The van der Waals surface area contributed by atoms with Crippen molar-refractivity contribution in [3.63, 3.8) is 0 Å². The molecule has 0 spiro atoms. The summed E-state index contributed by atoms with van der Waals surface area (Å²) in [6.45, 7) is 6.18. The number of benzene rings is 4. The molecule has 0 saturated carbocycles. The van der Waals surface area contributed by atoms with Gasteiger partial charge in [0.15, 0.2) is 5.17 Å². The first kappa shape index (κ1) is 33.9. The Bertz CT molecular complexity index is 2110. The van der Waals surface area contributed by atoms with Gasteiger partial charge in [-0.2, -0.15) is 4.99 Å². The lowest BCUT2D eigenvalue weighted by Crippen LogP contribution is -2.42. The van der Waals surface area contributed by atoms with Crippen molar-refractivity contribution >= 4 is 51.6 Å². The monoisotopic (exact) mass is 676 g/mol. The third kappa shape index (κ3) is 7.66. The summed E-state index contributed by atoms with van der Waals surface area (Å²) in [5.74, 6) is -1.53. The Hall–Kier alpha value is -5.99. The fourth-order valence-corrected chi connectivity index (χ4v) is 6.66. The maximum atomic E-state index is 14.3. The summed E-state index contributed by atoms with van der Waals surface area (Å²) < 4.78 is 2.11. The van der Waals surface area contributed by atoms with Gasteiger partial charge in [0.2, 0.25) is 5.91 Å². The second-order valence-electron chi connectivity index (χ2n) is 11.5. The predicted molar refractivity (Wildman–Crippen MR) is 203 cm³/mol. The topological polar surface area (TPSA) is 83.8 Å². The quantitative estimate of drug-likeness (QED) is 0.0871. The lowest BCUT2D eigenvalue weighted by molar-refractivity contribution is -0.126. The molecule has 1 N–H and O–H groups in total. The molecule has 6 rings (SSSR count). The number of hydrogen-bond donors (Lipinski definition) is 1. The molecule has 0 atom stereocenters. The average Bonchev–Trinajstić information content (AvgIpc) is 3.50. The third-order valence-electron chi connectivity index (χ3n) is 8.23. The van der Waals surface area contributed by atoms with Crippen LogP contribution in [0.2, 0.25) is 0 Å². The van der Waals surface area contributed by atoms with E-state index >= 15 is 0 Å². The van der Waals surface area contributed by atoms with E-state index in [1.807, 2.05) is 109 Å². The van der Waals surface area contributed by atoms with Crippen molar-refractivity contribution in [2.24, 2.45) is 4.99 Å². The molecule has 1 aliphatic heterocycles. The number of aromatic nitrogens is 1. The second-order valence-corrected chi connectivity index (χ2v) is 12.5. The number of carbonyl (C=O) groups is 3. The van der Waals surface area contributed by atoms with Crippen LogP contribution < -0.4 is 5.32 Å². The number of nitrogens with zero attached hydrogens (tertiary/aromatic N) is 3. The Labute approximate surface area is 296 Å². The summed E-state index contributed by atoms with van der Waals surface area (Å²) >= 11 is 1.04. The second kappa shape index (κ2) is 15.9. The molecule has 7 nitrogen and oxygen atoms in total. The van der Waals surface area contributed by atoms with E-state index in [4.69, 9.17) is 0 Å². The van der Waals surface area contributed by atoms with Gasteiger partial charge in [-0.05, 0) is 41.8 Å². The molecular weight excluding hydrogens is 641 g/mol. The van der Waals surface area contributed by atoms with Crippen molar-refractivity contribution in [2.75, 3.05) is 5.75 Å². The Kier molecular flexibility index (Phi) is 10.8. The van der Waals surface area contributed by atoms with E-state index in [0.29, 0.717) is 12.2 Å². The predicted octanol–water partition coefficient (Wildman–Crippen LogP) is 8.08. The minimum absolute atomic E-state index is 0.0685. The number of nitrogens with one attached hydrogen (secondary N) is 1. The van der Waals surface area contributed by atoms with E-state index in [2.05, 4.69) is 33.6 Å². The van der Waals surface area contributed by atoms with Gasteiger partial charge in [0.05, 0.1) is 11.8 Å². The van der Waals surface area contributed by atoms with Gasteiger partial charge in [-0.15, -0.1) is 0 Å². The van der Waals surface area contributed by atoms with Gasteiger partial charge in [0.1, 0.15) is 5.57 Å². The summed E-state index contributed by atoms with van der Waals surface area (Å²) in [7, 11) is 0. The molecule has 0 bridgehead atoms. The van der Waals surface area contributed by atoms with Crippen LogP contribution in [0.4, 0.5) is 0 Å². The van der Waals surface area contributed by atoms with Gasteiger partial charge in [-0.3, -0.25) is 19.3 Å². The van der Waals surface area contributed by atoms with Crippen LogP contribution in [-0.2, 0) is 20.9 Å². The summed E-state index contributed by atoms with van der Waals surface area (Å²) in [4.78, 5) is 47.1. The highest BCUT2D eigenvalue weighted by Crippen LogP contribution is 2.30. The van der Waals surface area contributed by atoms with E-state index in [1.54, 1.807) is 37.3 Å². The molecule has 0 unspecified atom stereocenters. The minimum Gasteiger partial charge on any atom is -0.344 e. The number of rotatable bonds is 11. The maximum absolute atomic E-state index is 14.3. The van der Waals surface area contributed by atoms with Gasteiger partial charge < -0.3 is 9.88 Å². The van der Waals surface area contributed by atoms with Gasteiger partial charge in [0.25, 0.3) is 11.8 Å². The molecule has 1 aromatic heterocycles. The average molecular weight is 677 g/mol. The number of allylic oxidation sites excluding steroid dienone is 4. The van der Waals surface area contributed by atoms with E-state index < -0.39 is 11.8 Å². The maximum Gasteiger partial charge on any atom is 0.285 e. The van der Waals surface area contributed by atoms with E-state index in [-0.39, 0.29) is 28.4 Å². The van der Waals surface area contributed by atoms with Crippen LogP contribution in [0.25, 0.3) is 17.0 Å². The lowest BCUT2D eigenvalue weighted by atomic mass is 9.99. The number of amidine groups is 1. The molecule has 0 aliphatic carbocycles. The zero-order chi connectivity index (χ0) is 34.9. The van der Waals surface area contributed by atoms with Crippen molar-refractivity contribution in [1.82, 2.24) is 14.8 Å². The highest BCUT2D eigenvalue weighted by Gasteiger charge is 2.35. The van der Waals surface area contributed by atoms with Crippen LogP contribution >= 0.6 is 11.8 Å². The number of aliphatic imine (C=N–C) groups is 1. The SMILES string of the molecule is C=C/C=C\C(=C/C)N1C(=O)/C(=C/c2cn(Cc3ccccc3)c3ccccc23)C(=O)N=C1SCC(=O)NC(c1ccccc1)c1ccccc1. The van der Waals surface area contributed by atoms with Crippen LogP contribution in [0.1, 0.15) is 35.2 Å². The fourth-order valence-electron chi connectivity index (χ4n) is 5.85. The smallest absolute Gasteiger partial charge is 0.285 e. The minimum atomic E-state index is -0.663. The molecule has 0 radical (unpaired) electrons. The summed E-state index contributed by atoms with van der Waals surface area (Å²) in [5, 5.41) is 4.16. The molecule has 0 fully saturated rings. The molecule has 50 heavy (non-hydrogen) atoms. The molecule has 3 amide bonds. The Morgan fingerprint density at radius 1 is 0.880 bits per heavy atom. The number of hydrogen-bond acceptors (Lipinski definition) is 4. The molecule has 4 aromatic carbocycles. The van der Waals surface area contributed by atoms with Crippen LogP contribution in [0, 0.1) is 0 Å². The molecule has 8 heteroatoms. The van der Waals surface area contributed by atoms with E-state index in [9.17, 15) is 14.4 Å². The Morgan fingerprint density at radius 2 is 1.50 bits per heavy atom. The standard InChI is InChI=1S/C42H36N4O3S/c1-3-5-23-34(4-2)46-41(49)36(26-33-28-45(27-30-17-9-6-10-18-30)37-25-16-15-24-35(33)37)40(48)44-42(46)50-29-38(47)43-39(31-19-11-7-12-20-31)32-21-13-8-14-22-32/h3-26,28,39H,1,27,29H2,2H3,(H,43,47)/b23-5-,34-4+,36-26+.